The summed E-state index contributed by atoms with van der Waals surface area (Å²) < 4.78 is 10.5. The number of anilines is 1. The molecular weight excluding hydrogens is 346 g/mol. The number of carbonyl (C=O) groups excluding carboxylic acids is 3. The first-order valence-electron chi connectivity index (χ1n) is 8.38. The lowest BCUT2D eigenvalue weighted by atomic mass is 9.80. The number of hydrogen-bond acceptors (Lipinski definition) is 5. The first-order valence-corrected chi connectivity index (χ1v) is 8.75. The van der Waals surface area contributed by atoms with Gasteiger partial charge in [0.2, 0.25) is 0 Å². The van der Waals surface area contributed by atoms with Gasteiger partial charge in [0.25, 0.3) is 5.91 Å². The molecule has 2 aliphatic carbocycles. The van der Waals surface area contributed by atoms with Crippen molar-refractivity contribution in [1.29, 1.82) is 0 Å². The van der Waals surface area contributed by atoms with Crippen LogP contribution in [0.15, 0.2) is 18.2 Å². The molecule has 3 aliphatic rings. The highest BCUT2D eigenvalue weighted by Crippen LogP contribution is 2.57. The molecule has 132 valence electrons. The Balaban J connectivity index is 1.35. The van der Waals surface area contributed by atoms with Gasteiger partial charge in [-0.05, 0) is 43.4 Å². The van der Waals surface area contributed by atoms with Crippen LogP contribution in [-0.4, -0.2) is 30.6 Å². The predicted molar refractivity (Wildman–Crippen MR) is 88.9 cm³/mol. The lowest BCUT2D eigenvalue weighted by molar-refractivity contribution is -0.157. The SMILES string of the molecule is Cc1c(Cl)cccc1NC(=O)COC(=O)[C@@H]1[C@@H]2C[C@@H]3[C@@H]1C(=O)O[C@H]3C2. The summed E-state index contributed by atoms with van der Waals surface area (Å²) in [5, 5.41) is 3.23. The first kappa shape index (κ1) is 16.4. The van der Waals surface area contributed by atoms with Crippen molar-refractivity contribution in [1.82, 2.24) is 0 Å². The summed E-state index contributed by atoms with van der Waals surface area (Å²) >= 11 is 6.02. The van der Waals surface area contributed by atoms with Crippen LogP contribution >= 0.6 is 11.6 Å². The summed E-state index contributed by atoms with van der Waals surface area (Å²) in [5.41, 5.74) is 1.33. The van der Waals surface area contributed by atoms with Crippen molar-refractivity contribution >= 4 is 35.1 Å². The third kappa shape index (κ3) is 2.68. The van der Waals surface area contributed by atoms with Gasteiger partial charge in [0.1, 0.15) is 6.10 Å². The van der Waals surface area contributed by atoms with Crippen LogP contribution in [0.3, 0.4) is 0 Å². The molecule has 25 heavy (non-hydrogen) atoms. The normalized spacial score (nSPS) is 31.8. The molecule has 2 bridgehead atoms. The largest absolute Gasteiger partial charge is 0.462 e. The topological polar surface area (TPSA) is 81.7 Å². The molecule has 2 saturated carbocycles. The fourth-order valence-electron chi connectivity index (χ4n) is 4.49. The van der Waals surface area contributed by atoms with Gasteiger partial charge >= 0.3 is 11.9 Å². The molecule has 7 heteroatoms. The molecule has 1 aromatic rings. The molecule has 1 N–H and O–H groups in total. The molecule has 0 radical (unpaired) electrons. The average molecular weight is 364 g/mol. The maximum atomic E-state index is 12.4. The van der Waals surface area contributed by atoms with E-state index in [4.69, 9.17) is 21.1 Å². The smallest absolute Gasteiger partial charge is 0.310 e. The number of ether oxygens (including phenoxy) is 2. The zero-order valence-electron chi connectivity index (χ0n) is 13.7. The number of hydrogen-bond donors (Lipinski definition) is 1. The Morgan fingerprint density at radius 3 is 2.96 bits per heavy atom. The number of fused-ring (bicyclic) bond motifs is 1. The predicted octanol–water partition coefficient (Wildman–Crippen LogP) is 2.33. The van der Waals surface area contributed by atoms with Crippen LogP contribution in [0.2, 0.25) is 5.02 Å². The third-order valence-corrected chi connectivity index (χ3v) is 6.05. The maximum absolute atomic E-state index is 12.4. The highest BCUT2D eigenvalue weighted by atomic mass is 35.5. The molecule has 0 unspecified atom stereocenters. The highest BCUT2D eigenvalue weighted by Gasteiger charge is 2.64. The molecule has 5 atom stereocenters. The van der Waals surface area contributed by atoms with Crippen LogP contribution in [0.25, 0.3) is 0 Å². The fraction of sp³-hybridized carbons (Fsp3) is 0.500. The van der Waals surface area contributed by atoms with Crippen LogP contribution in [0.5, 0.6) is 0 Å². The van der Waals surface area contributed by atoms with E-state index >= 15 is 0 Å². The average Bonchev–Trinajstić information content (AvgIpc) is 3.19. The van der Waals surface area contributed by atoms with Crippen molar-refractivity contribution in [3.63, 3.8) is 0 Å². The van der Waals surface area contributed by atoms with Crippen molar-refractivity contribution in [2.45, 2.75) is 25.9 Å². The van der Waals surface area contributed by atoms with Crippen molar-refractivity contribution < 1.29 is 23.9 Å². The summed E-state index contributed by atoms with van der Waals surface area (Å²) in [5.74, 6) is -1.82. The molecule has 4 rings (SSSR count). The first-order chi connectivity index (χ1) is 12.0. The van der Waals surface area contributed by atoms with Crippen molar-refractivity contribution in [2.24, 2.45) is 23.7 Å². The Bertz CT molecular complexity index is 762. The van der Waals surface area contributed by atoms with Gasteiger partial charge in [-0.15, -0.1) is 0 Å². The Morgan fingerprint density at radius 1 is 1.36 bits per heavy atom. The van der Waals surface area contributed by atoms with Crippen LogP contribution < -0.4 is 5.32 Å². The minimum atomic E-state index is -0.479. The molecule has 1 aromatic carbocycles. The Kier molecular flexibility index (Phi) is 3.95. The number of halogens is 1. The van der Waals surface area contributed by atoms with Gasteiger partial charge in [-0.25, -0.2) is 0 Å². The molecule has 6 nitrogen and oxygen atoms in total. The zero-order valence-corrected chi connectivity index (χ0v) is 14.4. The van der Waals surface area contributed by atoms with Crippen molar-refractivity contribution in [3.05, 3.63) is 28.8 Å². The summed E-state index contributed by atoms with van der Waals surface area (Å²) in [7, 11) is 0. The molecule has 1 saturated heterocycles. The van der Waals surface area contributed by atoms with Gasteiger partial charge in [0.05, 0.1) is 11.8 Å². The van der Waals surface area contributed by atoms with E-state index in [0.29, 0.717) is 10.7 Å². The molecule has 0 aromatic heterocycles. The summed E-state index contributed by atoms with van der Waals surface area (Å²) in [6.07, 6.45) is 1.52. The van der Waals surface area contributed by atoms with Gasteiger partial charge in [-0.3, -0.25) is 14.4 Å². The van der Waals surface area contributed by atoms with Gasteiger partial charge < -0.3 is 14.8 Å². The lowest BCUT2D eigenvalue weighted by Gasteiger charge is -2.22. The van der Waals surface area contributed by atoms with Crippen molar-refractivity contribution in [3.8, 4) is 0 Å². The van der Waals surface area contributed by atoms with Crippen LogP contribution in [0.4, 0.5) is 5.69 Å². The van der Waals surface area contributed by atoms with E-state index in [1.165, 1.54) is 0 Å². The minimum Gasteiger partial charge on any atom is -0.462 e. The second-order valence-corrected chi connectivity index (χ2v) is 7.40. The van der Waals surface area contributed by atoms with E-state index < -0.39 is 23.7 Å². The number of nitrogens with one attached hydrogen (secondary N) is 1. The molecule has 1 amide bonds. The number of amides is 1. The maximum Gasteiger partial charge on any atom is 0.310 e. The number of esters is 2. The lowest BCUT2D eigenvalue weighted by Crippen LogP contribution is -2.35. The molecule has 1 aliphatic heterocycles. The van der Waals surface area contributed by atoms with E-state index in [-0.39, 0.29) is 30.5 Å². The van der Waals surface area contributed by atoms with Gasteiger partial charge in [0.15, 0.2) is 6.61 Å². The van der Waals surface area contributed by atoms with Crippen molar-refractivity contribution in [2.75, 3.05) is 11.9 Å². The van der Waals surface area contributed by atoms with Gasteiger partial charge in [-0.2, -0.15) is 0 Å². The second kappa shape index (κ2) is 6.02. The number of carbonyl (C=O) groups is 3. The molecule has 3 fully saturated rings. The number of rotatable bonds is 4. The van der Waals surface area contributed by atoms with E-state index in [9.17, 15) is 14.4 Å². The van der Waals surface area contributed by atoms with Gasteiger partial charge in [0, 0.05) is 16.6 Å². The second-order valence-electron chi connectivity index (χ2n) is 6.99. The Hall–Kier alpha value is -2.08. The quantitative estimate of drug-likeness (QED) is 0.830. The van der Waals surface area contributed by atoms with Crippen LogP contribution in [0, 0.1) is 30.6 Å². The van der Waals surface area contributed by atoms with Crippen LogP contribution in [-0.2, 0) is 23.9 Å². The zero-order chi connectivity index (χ0) is 17.7. The van der Waals surface area contributed by atoms with E-state index in [0.717, 1.165) is 18.4 Å². The Morgan fingerprint density at radius 2 is 2.16 bits per heavy atom. The van der Waals surface area contributed by atoms with E-state index in [2.05, 4.69) is 5.32 Å². The van der Waals surface area contributed by atoms with E-state index in [1.54, 1.807) is 25.1 Å². The highest BCUT2D eigenvalue weighted by molar-refractivity contribution is 6.31. The molecule has 1 heterocycles. The van der Waals surface area contributed by atoms with E-state index in [1.807, 2.05) is 0 Å². The Labute approximate surface area is 149 Å². The van der Waals surface area contributed by atoms with Crippen LogP contribution in [0.1, 0.15) is 18.4 Å². The standard InChI is InChI=1S/C18H18ClNO5/c1-8-11(19)3-2-4-12(8)20-14(21)7-24-17(22)15-9-5-10-13(6-9)25-18(23)16(10)15/h2-4,9-10,13,15-16H,5-7H2,1H3,(H,20,21)/t9-,10+,13+,15-,16+/m1/s1. The monoisotopic (exact) mass is 363 g/mol. The summed E-state index contributed by atoms with van der Waals surface area (Å²) in [4.78, 5) is 36.4. The number of benzene rings is 1. The molecule has 0 spiro atoms. The third-order valence-electron chi connectivity index (χ3n) is 5.64. The molecular formula is C18H18ClNO5. The fourth-order valence-corrected chi connectivity index (χ4v) is 4.66. The van der Waals surface area contributed by atoms with Gasteiger partial charge in [-0.1, -0.05) is 17.7 Å². The summed E-state index contributed by atoms with van der Waals surface area (Å²) in [6, 6.07) is 5.19. The summed E-state index contributed by atoms with van der Waals surface area (Å²) in [6.45, 7) is 1.41. The minimum absolute atomic E-state index is 0.0272.